The molecule has 1 aliphatic heterocycles. The predicted molar refractivity (Wildman–Crippen MR) is 70.5 cm³/mol. The van der Waals surface area contributed by atoms with E-state index in [-0.39, 0.29) is 0 Å². The van der Waals surface area contributed by atoms with Crippen molar-refractivity contribution in [1.82, 2.24) is 20.3 Å². The lowest BCUT2D eigenvalue weighted by atomic mass is 9.94. The van der Waals surface area contributed by atoms with Crippen molar-refractivity contribution in [2.24, 2.45) is 0 Å². The van der Waals surface area contributed by atoms with Crippen LogP contribution in [0.25, 0.3) is 0 Å². The van der Waals surface area contributed by atoms with E-state index < -0.39 is 0 Å². The van der Waals surface area contributed by atoms with E-state index in [0.29, 0.717) is 5.92 Å². The summed E-state index contributed by atoms with van der Waals surface area (Å²) < 4.78 is 7.57. The van der Waals surface area contributed by atoms with E-state index in [4.69, 9.17) is 4.74 Å². The molecule has 0 amide bonds. The van der Waals surface area contributed by atoms with Crippen LogP contribution in [0.3, 0.4) is 0 Å². The van der Waals surface area contributed by atoms with Crippen molar-refractivity contribution in [3.05, 3.63) is 11.4 Å². The second-order valence-corrected chi connectivity index (χ2v) is 4.92. The van der Waals surface area contributed by atoms with Gasteiger partial charge in [-0.05, 0) is 26.3 Å². The van der Waals surface area contributed by atoms with Gasteiger partial charge < -0.3 is 10.1 Å². The van der Waals surface area contributed by atoms with Gasteiger partial charge >= 0.3 is 0 Å². The Bertz CT molecular complexity index is 358. The highest BCUT2D eigenvalue weighted by Gasteiger charge is 2.24. The van der Waals surface area contributed by atoms with Crippen molar-refractivity contribution in [3.8, 4) is 0 Å². The molecule has 1 aromatic heterocycles. The normalized spacial score (nSPS) is 17.2. The van der Waals surface area contributed by atoms with Crippen LogP contribution >= 0.6 is 0 Å². The summed E-state index contributed by atoms with van der Waals surface area (Å²) in [6.45, 7) is 5.73. The molecule has 0 aromatic carbocycles. The maximum Gasteiger partial charge on any atom is 0.0999 e. The lowest BCUT2D eigenvalue weighted by Crippen LogP contribution is -2.20. The Hall–Kier alpha value is -0.940. The van der Waals surface area contributed by atoms with Crippen LogP contribution in [0.5, 0.6) is 0 Å². The third-order valence-corrected chi connectivity index (χ3v) is 3.52. The predicted octanol–water partition coefficient (Wildman–Crippen LogP) is 1.69. The fourth-order valence-corrected chi connectivity index (χ4v) is 2.54. The average Bonchev–Trinajstić information content (AvgIpc) is 2.81. The minimum absolute atomic E-state index is 0.564. The van der Waals surface area contributed by atoms with Crippen molar-refractivity contribution >= 4 is 0 Å². The van der Waals surface area contributed by atoms with Crippen molar-refractivity contribution in [2.45, 2.75) is 51.6 Å². The van der Waals surface area contributed by atoms with Gasteiger partial charge in [0.15, 0.2) is 0 Å². The lowest BCUT2D eigenvalue weighted by molar-refractivity contribution is 0.0832. The SMILES string of the molecule is CCCCn1nnc(CNC)c1C1CCOCC1. The van der Waals surface area contributed by atoms with E-state index in [2.05, 4.69) is 27.2 Å². The Kier molecular flexibility index (Phi) is 5.13. The zero-order valence-corrected chi connectivity index (χ0v) is 11.5. The lowest BCUT2D eigenvalue weighted by Gasteiger charge is -2.23. The molecule has 0 atom stereocenters. The summed E-state index contributed by atoms with van der Waals surface area (Å²) in [5, 5.41) is 11.9. The molecule has 1 fully saturated rings. The van der Waals surface area contributed by atoms with Crippen LogP contribution in [-0.2, 0) is 17.8 Å². The van der Waals surface area contributed by atoms with Crippen molar-refractivity contribution in [2.75, 3.05) is 20.3 Å². The number of hydrogen-bond donors (Lipinski definition) is 1. The maximum atomic E-state index is 5.45. The standard InChI is InChI=1S/C13H24N4O/c1-3-4-7-17-13(11-5-8-18-9-6-11)12(10-14-2)15-16-17/h11,14H,3-10H2,1-2H3. The molecule has 18 heavy (non-hydrogen) atoms. The number of rotatable bonds is 6. The van der Waals surface area contributed by atoms with Crippen LogP contribution in [0.4, 0.5) is 0 Å². The van der Waals surface area contributed by atoms with Gasteiger partial charge in [-0.1, -0.05) is 18.6 Å². The van der Waals surface area contributed by atoms with E-state index in [9.17, 15) is 0 Å². The molecule has 102 valence electrons. The summed E-state index contributed by atoms with van der Waals surface area (Å²) in [4.78, 5) is 0. The van der Waals surface area contributed by atoms with Crippen molar-refractivity contribution in [1.29, 1.82) is 0 Å². The summed E-state index contributed by atoms with van der Waals surface area (Å²) in [5.74, 6) is 0.564. The molecule has 1 N–H and O–H groups in total. The third-order valence-electron chi connectivity index (χ3n) is 3.52. The minimum Gasteiger partial charge on any atom is -0.381 e. The smallest absolute Gasteiger partial charge is 0.0999 e. The summed E-state index contributed by atoms with van der Waals surface area (Å²) in [6.07, 6.45) is 4.54. The van der Waals surface area contributed by atoms with Gasteiger partial charge in [-0.2, -0.15) is 0 Å². The van der Waals surface area contributed by atoms with Gasteiger partial charge in [0.25, 0.3) is 0 Å². The molecule has 0 saturated carbocycles. The number of nitrogens with one attached hydrogen (secondary N) is 1. The first kappa shape index (κ1) is 13.5. The quantitative estimate of drug-likeness (QED) is 0.837. The Morgan fingerprint density at radius 1 is 1.39 bits per heavy atom. The van der Waals surface area contributed by atoms with E-state index in [1.807, 2.05) is 7.05 Å². The summed E-state index contributed by atoms with van der Waals surface area (Å²) in [5.41, 5.74) is 2.45. The van der Waals surface area contributed by atoms with Gasteiger partial charge in [0.1, 0.15) is 0 Å². The maximum absolute atomic E-state index is 5.45. The fraction of sp³-hybridized carbons (Fsp3) is 0.846. The summed E-state index contributed by atoms with van der Waals surface area (Å²) >= 11 is 0. The number of aromatic nitrogens is 3. The molecule has 2 rings (SSSR count). The topological polar surface area (TPSA) is 52.0 Å². The summed E-state index contributed by atoms with van der Waals surface area (Å²) in [6, 6.07) is 0. The molecule has 1 aliphatic rings. The molecule has 0 aliphatic carbocycles. The molecule has 1 saturated heterocycles. The van der Waals surface area contributed by atoms with Crippen LogP contribution in [0.2, 0.25) is 0 Å². The molecule has 5 nitrogen and oxygen atoms in total. The molecule has 1 aromatic rings. The summed E-state index contributed by atoms with van der Waals surface area (Å²) in [7, 11) is 1.96. The van der Waals surface area contributed by atoms with Crippen LogP contribution in [0, 0.1) is 0 Å². The van der Waals surface area contributed by atoms with Gasteiger partial charge in [-0.15, -0.1) is 5.10 Å². The van der Waals surface area contributed by atoms with E-state index >= 15 is 0 Å². The Labute approximate surface area is 109 Å². The first-order valence-corrected chi connectivity index (χ1v) is 7.01. The molecule has 0 bridgehead atoms. The van der Waals surface area contributed by atoms with Gasteiger partial charge in [0.05, 0.1) is 11.4 Å². The first-order valence-electron chi connectivity index (χ1n) is 7.01. The van der Waals surface area contributed by atoms with E-state index in [1.165, 1.54) is 18.5 Å². The third kappa shape index (κ3) is 3.09. The molecule has 0 radical (unpaired) electrons. The average molecular weight is 252 g/mol. The van der Waals surface area contributed by atoms with Crippen molar-refractivity contribution in [3.63, 3.8) is 0 Å². The van der Waals surface area contributed by atoms with E-state index in [1.54, 1.807) is 0 Å². The van der Waals surface area contributed by atoms with Gasteiger partial charge in [0.2, 0.25) is 0 Å². The van der Waals surface area contributed by atoms with Gasteiger partial charge in [-0.3, -0.25) is 0 Å². The number of ether oxygens (including phenoxy) is 1. The van der Waals surface area contributed by atoms with Crippen LogP contribution in [0.15, 0.2) is 0 Å². The molecular formula is C13H24N4O. The highest BCUT2D eigenvalue weighted by Crippen LogP contribution is 2.28. The molecular weight excluding hydrogens is 228 g/mol. The van der Waals surface area contributed by atoms with E-state index in [0.717, 1.165) is 44.8 Å². The van der Waals surface area contributed by atoms with Gasteiger partial charge in [-0.25, -0.2) is 4.68 Å². The number of hydrogen-bond acceptors (Lipinski definition) is 4. The molecule has 2 heterocycles. The zero-order valence-electron chi connectivity index (χ0n) is 11.5. The zero-order chi connectivity index (χ0) is 12.8. The second kappa shape index (κ2) is 6.85. The highest BCUT2D eigenvalue weighted by molar-refractivity contribution is 5.16. The Morgan fingerprint density at radius 2 is 2.17 bits per heavy atom. The fourth-order valence-electron chi connectivity index (χ4n) is 2.54. The van der Waals surface area contributed by atoms with Crippen LogP contribution in [-0.4, -0.2) is 35.3 Å². The number of aryl methyl sites for hydroxylation is 1. The molecule has 5 heteroatoms. The minimum atomic E-state index is 0.564. The van der Waals surface area contributed by atoms with Crippen LogP contribution < -0.4 is 5.32 Å². The van der Waals surface area contributed by atoms with Gasteiger partial charge in [0, 0.05) is 32.2 Å². The monoisotopic (exact) mass is 252 g/mol. The largest absolute Gasteiger partial charge is 0.381 e. The molecule has 0 unspecified atom stereocenters. The molecule has 0 spiro atoms. The Morgan fingerprint density at radius 3 is 2.83 bits per heavy atom. The first-order chi connectivity index (χ1) is 8.86. The van der Waals surface area contributed by atoms with Crippen LogP contribution in [0.1, 0.15) is 49.9 Å². The van der Waals surface area contributed by atoms with Crippen molar-refractivity contribution < 1.29 is 4.74 Å². The second-order valence-electron chi connectivity index (χ2n) is 4.92. The number of unbranched alkanes of at least 4 members (excludes halogenated alkanes) is 1. The Balaban J connectivity index is 2.18. The number of nitrogens with zero attached hydrogens (tertiary/aromatic N) is 3. The highest BCUT2D eigenvalue weighted by atomic mass is 16.5.